The molecule has 1 fully saturated rings. The van der Waals surface area contributed by atoms with Gasteiger partial charge < -0.3 is 10.2 Å². The first-order chi connectivity index (χ1) is 14.2. The molecule has 5 rings (SSSR count). The molecule has 1 atom stereocenters. The lowest BCUT2D eigenvalue weighted by Gasteiger charge is -2.33. The van der Waals surface area contributed by atoms with Crippen LogP contribution in [0, 0.1) is 0 Å². The van der Waals surface area contributed by atoms with Crippen molar-refractivity contribution in [2.45, 2.75) is 19.0 Å². The Balaban J connectivity index is 1.46. The monoisotopic (exact) mass is 387 g/mol. The summed E-state index contributed by atoms with van der Waals surface area (Å²) in [5, 5.41) is 12.9. The number of nitrogens with one attached hydrogen (secondary N) is 2. The number of hydrogen-bond acceptors (Lipinski definition) is 4. The maximum atomic E-state index is 13.9. The summed E-state index contributed by atoms with van der Waals surface area (Å²) < 4.78 is 13.9. The molecule has 0 aliphatic carbocycles. The van der Waals surface area contributed by atoms with E-state index in [1.807, 2.05) is 24.3 Å². The summed E-state index contributed by atoms with van der Waals surface area (Å²) >= 11 is 0. The van der Waals surface area contributed by atoms with Crippen LogP contribution >= 0.6 is 0 Å². The minimum Gasteiger partial charge on any atom is -0.369 e. The van der Waals surface area contributed by atoms with Gasteiger partial charge in [0.05, 0.1) is 5.52 Å². The number of piperidine rings is 1. The quantitative estimate of drug-likeness (QED) is 0.502. The van der Waals surface area contributed by atoms with Crippen LogP contribution in [0.1, 0.15) is 18.4 Å². The van der Waals surface area contributed by atoms with Crippen molar-refractivity contribution in [3.8, 4) is 0 Å². The van der Waals surface area contributed by atoms with Crippen molar-refractivity contribution < 1.29 is 4.39 Å². The van der Waals surface area contributed by atoms with Gasteiger partial charge in [0.25, 0.3) is 0 Å². The Labute approximate surface area is 168 Å². The second kappa shape index (κ2) is 7.20. The van der Waals surface area contributed by atoms with Crippen molar-refractivity contribution in [3.05, 3.63) is 66.9 Å². The molecule has 3 heterocycles. The molecule has 2 aromatic carbocycles. The first kappa shape index (κ1) is 17.7. The van der Waals surface area contributed by atoms with Gasteiger partial charge in [-0.25, -0.2) is 4.39 Å². The Hall–Kier alpha value is -3.41. The number of anilines is 2. The molecular formula is C23H22FN5. The van der Waals surface area contributed by atoms with Crippen molar-refractivity contribution in [1.82, 2.24) is 20.1 Å². The van der Waals surface area contributed by atoms with Crippen LogP contribution in [0.3, 0.4) is 0 Å². The van der Waals surface area contributed by atoms with E-state index in [4.69, 9.17) is 0 Å². The molecule has 0 spiro atoms. The SMILES string of the molecule is C=C(c1cccc2cc(Nc3n[nH]c4cccnc34)ccc12)N1CCCC(F)C1. The maximum absolute atomic E-state index is 13.9. The van der Waals surface area contributed by atoms with Crippen LogP contribution in [0.5, 0.6) is 0 Å². The highest BCUT2D eigenvalue weighted by Gasteiger charge is 2.21. The Morgan fingerprint density at radius 2 is 2.14 bits per heavy atom. The molecular weight excluding hydrogens is 365 g/mol. The van der Waals surface area contributed by atoms with Crippen LogP contribution in [0.2, 0.25) is 0 Å². The van der Waals surface area contributed by atoms with E-state index in [0.29, 0.717) is 18.8 Å². The molecule has 1 saturated heterocycles. The van der Waals surface area contributed by atoms with E-state index in [0.717, 1.165) is 51.7 Å². The Morgan fingerprint density at radius 3 is 3.03 bits per heavy atom. The van der Waals surface area contributed by atoms with Crippen LogP contribution in [-0.2, 0) is 0 Å². The fourth-order valence-electron chi connectivity index (χ4n) is 4.03. The zero-order valence-electron chi connectivity index (χ0n) is 16.0. The summed E-state index contributed by atoms with van der Waals surface area (Å²) in [4.78, 5) is 6.46. The molecule has 0 bridgehead atoms. The van der Waals surface area contributed by atoms with Crippen molar-refractivity contribution in [2.75, 3.05) is 18.4 Å². The van der Waals surface area contributed by atoms with E-state index in [2.05, 4.69) is 56.2 Å². The number of aromatic nitrogens is 3. The second-order valence-corrected chi connectivity index (χ2v) is 7.47. The summed E-state index contributed by atoms with van der Waals surface area (Å²) in [6.45, 7) is 5.55. The molecule has 29 heavy (non-hydrogen) atoms. The van der Waals surface area contributed by atoms with E-state index in [9.17, 15) is 4.39 Å². The van der Waals surface area contributed by atoms with Crippen molar-refractivity contribution in [2.24, 2.45) is 0 Å². The minimum absolute atomic E-state index is 0.425. The minimum atomic E-state index is -0.774. The number of hydrogen-bond donors (Lipinski definition) is 2. The Kier molecular flexibility index (Phi) is 4.39. The summed E-state index contributed by atoms with van der Waals surface area (Å²) in [5.74, 6) is 0.697. The first-order valence-electron chi connectivity index (χ1n) is 9.86. The zero-order valence-corrected chi connectivity index (χ0v) is 16.0. The summed E-state index contributed by atoms with van der Waals surface area (Å²) in [6, 6.07) is 16.2. The number of benzene rings is 2. The molecule has 2 N–H and O–H groups in total. The zero-order chi connectivity index (χ0) is 19.8. The van der Waals surface area contributed by atoms with E-state index in [-0.39, 0.29) is 0 Å². The second-order valence-electron chi connectivity index (χ2n) is 7.47. The molecule has 1 aliphatic heterocycles. The maximum Gasteiger partial charge on any atom is 0.178 e. The molecule has 0 saturated carbocycles. The van der Waals surface area contributed by atoms with E-state index >= 15 is 0 Å². The smallest absolute Gasteiger partial charge is 0.178 e. The lowest BCUT2D eigenvalue weighted by Crippen LogP contribution is -2.34. The van der Waals surface area contributed by atoms with Crippen molar-refractivity contribution in [1.29, 1.82) is 0 Å². The van der Waals surface area contributed by atoms with Crippen LogP contribution in [0.15, 0.2) is 61.3 Å². The molecule has 5 nitrogen and oxygen atoms in total. The third-order valence-electron chi connectivity index (χ3n) is 5.52. The van der Waals surface area contributed by atoms with Crippen LogP contribution in [0.25, 0.3) is 27.5 Å². The molecule has 1 unspecified atom stereocenters. The average Bonchev–Trinajstić information content (AvgIpc) is 3.15. The first-order valence-corrected chi connectivity index (χ1v) is 9.86. The largest absolute Gasteiger partial charge is 0.369 e. The highest BCUT2D eigenvalue weighted by atomic mass is 19.1. The van der Waals surface area contributed by atoms with Gasteiger partial charge in [-0.1, -0.05) is 30.8 Å². The van der Waals surface area contributed by atoms with Crippen molar-refractivity contribution in [3.63, 3.8) is 0 Å². The molecule has 6 heteroatoms. The Morgan fingerprint density at radius 1 is 1.21 bits per heavy atom. The molecule has 2 aromatic heterocycles. The third-order valence-corrected chi connectivity index (χ3v) is 5.52. The van der Waals surface area contributed by atoms with Gasteiger partial charge in [0, 0.05) is 36.2 Å². The number of halogens is 1. The van der Waals surface area contributed by atoms with Gasteiger partial charge in [-0.05, 0) is 47.9 Å². The summed E-state index contributed by atoms with van der Waals surface area (Å²) in [7, 11) is 0. The van der Waals surface area contributed by atoms with Crippen LogP contribution < -0.4 is 5.32 Å². The number of likely N-dealkylation sites (tertiary alicyclic amines) is 1. The number of fused-ring (bicyclic) bond motifs is 2. The van der Waals surface area contributed by atoms with Gasteiger partial charge in [-0.3, -0.25) is 10.1 Å². The van der Waals surface area contributed by atoms with Gasteiger partial charge in [0.2, 0.25) is 0 Å². The predicted molar refractivity (Wildman–Crippen MR) is 116 cm³/mol. The topological polar surface area (TPSA) is 56.8 Å². The number of H-pyrrole nitrogens is 1. The van der Waals surface area contributed by atoms with Gasteiger partial charge >= 0.3 is 0 Å². The van der Waals surface area contributed by atoms with Crippen molar-refractivity contribution >= 4 is 39.0 Å². The number of aromatic amines is 1. The normalized spacial score (nSPS) is 17.0. The van der Waals surface area contributed by atoms with Gasteiger partial charge in [0.15, 0.2) is 5.82 Å². The number of pyridine rings is 1. The number of alkyl halides is 1. The van der Waals surface area contributed by atoms with Gasteiger partial charge in [0.1, 0.15) is 11.7 Å². The molecule has 0 radical (unpaired) electrons. The molecule has 4 aromatic rings. The molecule has 146 valence electrons. The lowest BCUT2D eigenvalue weighted by molar-refractivity contribution is 0.189. The van der Waals surface area contributed by atoms with Crippen LogP contribution in [0.4, 0.5) is 15.9 Å². The fourth-order valence-corrected chi connectivity index (χ4v) is 4.03. The average molecular weight is 387 g/mol. The fraction of sp³-hybridized carbons (Fsp3) is 0.217. The van der Waals surface area contributed by atoms with Crippen LogP contribution in [-0.4, -0.2) is 39.3 Å². The van der Waals surface area contributed by atoms with E-state index in [1.54, 1.807) is 6.20 Å². The standard InChI is InChI=1S/C23H22FN5/c1-15(29-12-4-6-17(24)14-29)19-7-2-5-16-13-18(9-10-20(16)19)26-23-22-21(27-28-23)8-3-11-25-22/h2-3,5,7-11,13,17H,1,4,6,12,14H2,(H2,26,27,28). The number of rotatable bonds is 4. The lowest BCUT2D eigenvalue weighted by atomic mass is 9.99. The van der Waals surface area contributed by atoms with Gasteiger partial charge in [-0.2, -0.15) is 5.10 Å². The van der Waals surface area contributed by atoms with E-state index in [1.165, 1.54) is 0 Å². The molecule has 1 aliphatic rings. The summed E-state index contributed by atoms with van der Waals surface area (Å²) in [5.41, 5.74) is 4.57. The third kappa shape index (κ3) is 3.31. The number of nitrogens with zero attached hydrogens (tertiary/aromatic N) is 3. The highest BCUT2D eigenvalue weighted by molar-refractivity contribution is 5.96. The van der Waals surface area contributed by atoms with E-state index < -0.39 is 6.17 Å². The molecule has 0 amide bonds. The Bertz CT molecular complexity index is 1200. The predicted octanol–water partition coefficient (Wildman–Crippen LogP) is 5.26. The highest BCUT2D eigenvalue weighted by Crippen LogP contribution is 2.31. The van der Waals surface area contributed by atoms with Gasteiger partial charge in [-0.15, -0.1) is 0 Å². The summed E-state index contributed by atoms with van der Waals surface area (Å²) in [6.07, 6.45) is 2.49.